The van der Waals surface area contributed by atoms with Crippen LogP contribution in [0.15, 0.2) is 29.1 Å². The first-order valence-corrected chi connectivity index (χ1v) is 9.07. The molecule has 3 rings (SSSR count). The maximum Gasteiger partial charge on any atom is 0.345 e. The van der Waals surface area contributed by atoms with E-state index in [0.717, 1.165) is 22.4 Å². The van der Waals surface area contributed by atoms with Gasteiger partial charge >= 0.3 is 5.69 Å². The number of amides is 2. The van der Waals surface area contributed by atoms with Gasteiger partial charge < -0.3 is 15.2 Å². The Kier molecular flexibility index (Phi) is 5.39. The van der Waals surface area contributed by atoms with Crippen LogP contribution in [0, 0.1) is 20.8 Å². The molecule has 0 saturated carbocycles. The summed E-state index contributed by atoms with van der Waals surface area (Å²) in [6.45, 7) is 6.45. The van der Waals surface area contributed by atoms with Crippen molar-refractivity contribution in [2.75, 3.05) is 13.1 Å². The summed E-state index contributed by atoms with van der Waals surface area (Å²) in [5, 5.41) is 2.86. The Morgan fingerprint density at radius 3 is 2.67 bits per heavy atom. The SMILES string of the molecule is Cc1ccccc1C1C(=O)NCCN1C(=O)CCc1c(C)nc(=O)[nH]c1C. The van der Waals surface area contributed by atoms with Crippen LogP contribution >= 0.6 is 0 Å². The van der Waals surface area contributed by atoms with Crippen molar-refractivity contribution < 1.29 is 9.59 Å². The summed E-state index contributed by atoms with van der Waals surface area (Å²) >= 11 is 0. The molecule has 0 radical (unpaired) electrons. The number of carbonyl (C=O) groups is 2. The zero-order valence-electron chi connectivity index (χ0n) is 15.8. The number of benzene rings is 1. The largest absolute Gasteiger partial charge is 0.352 e. The number of hydrogen-bond donors (Lipinski definition) is 2. The molecule has 1 aromatic heterocycles. The smallest absolute Gasteiger partial charge is 0.345 e. The Morgan fingerprint density at radius 1 is 1.22 bits per heavy atom. The fraction of sp³-hybridized carbons (Fsp3) is 0.400. The summed E-state index contributed by atoms with van der Waals surface area (Å²) in [5.74, 6) is -0.231. The summed E-state index contributed by atoms with van der Waals surface area (Å²) in [6.07, 6.45) is 0.726. The minimum absolute atomic E-state index is 0.0805. The van der Waals surface area contributed by atoms with Gasteiger partial charge in [-0.3, -0.25) is 9.59 Å². The van der Waals surface area contributed by atoms with Gasteiger partial charge in [-0.2, -0.15) is 4.98 Å². The molecule has 2 aromatic rings. The van der Waals surface area contributed by atoms with E-state index in [-0.39, 0.29) is 23.9 Å². The normalized spacial score (nSPS) is 16.9. The van der Waals surface area contributed by atoms with E-state index in [1.54, 1.807) is 18.7 Å². The van der Waals surface area contributed by atoms with Gasteiger partial charge in [-0.05, 0) is 43.9 Å². The second-order valence-corrected chi connectivity index (χ2v) is 6.87. The zero-order valence-corrected chi connectivity index (χ0v) is 15.8. The van der Waals surface area contributed by atoms with Crippen LogP contribution in [0.4, 0.5) is 0 Å². The number of aryl methyl sites for hydroxylation is 3. The number of rotatable bonds is 4. The van der Waals surface area contributed by atoms with Crippen molar-refractivity contribution in [2.24, 2.45) is 0 Å². The summed E-state index contributed by atoms with van der Waals surface area (Å²) in [5.41, 5.74) is 3.68. The molecule has 1 unspecified atom stereocenters. The molecule has 0 spiro atoms. The van der Waals surface area contributed by atoms with Gasteiger partial charge in [0.15, 0.2) is 0 Å². The van der Waals surface area contributed by atoms with Crippen molar-refractivity contribution in [3.63, 3.8) is 0 Å². The zero-order chi connectivity index (χ0) is 19.6. The van der Waals surface area contributed by atoms with E-state index in [2.05, 4.69) is 15.3 Å². The minimum atomic E-state index is -0.608. The van der Waals surface area contributed by atoms with Gasteiger partial charge in [0.25, 0.3) is 0 Å². The fourth-order valence-electron chi connectivity index (χ4n) is 3.64. The van der Waals surface area contributed by atoms with Crippen LogP contribution in [0.25, 0.3) is 0 Å². The number of nitrogens with one attached hydrogen (secondary N) is 2. The molecule has 1 saturated heterocycles. The van der Waals surface area contributed by atoms with Crippen LogP contribution in [-0.2, 0) is 16.0 Å². The number of nitrogens with zero attached hydrogens (tertiary/aromatic N) is 2. The highest BCUT2D eigenvalue weighted by Crippen LogP contribution is 2.27. The van der Waals surface area contributed by atoms with E-state index in [9.17, 15) is 14.4 Å². The van der Waals surface area contributed by atoms with Crippen LogP contribution in [0.5, 0.6) is 0 Å². The average Bonchev–Trinajstić information content (AvgIpc) is 2.61. The molecule has 142 valence electrons. The topological polar surface area (TPSA) is 95.2 Å². The molecule has 2 heterocycles. The van der Waals surface area contributed by atoms with Crippen LogP contribution < -0.4 is 11.0 Å². The molecule has 2 amide bonds. The lowest BCUT2D eigenvalue weighted by atomic mass is 9.97. The Morgan fingerprint density at radius 2 is 1.96 bits per heavy atom. The van der Waals surface area contributed by atoms with Crippen LogP contribution in [-0.4, -0.2) is 39.8 Å². The molecule has 1 aliphatic heterocycles. The van der Waals surface area contributed by atoms with Crippen molar-refractivity contribution in [3.05, 3.63) is 62.8 Å². The van der Waals surface area contributed by atoms with E-state index in [1.807, 2.05) is 31.2 Å². The predicted octanol–water partition coefficient (Wildman–Crippen LogP) is 1.33. The predicted molar refractivity (Wildman–Crippen MR) is 101 cm³/mol. The summed E-state index contributed by atoms with van der Waals surface area (Å²) in [7, 11) is 0. The number of hydrogen-bond acceptors (Lipinski definition) is 4. The summed E-state index contributed by atoms with van der Waals surface area (Å²) < 4.78 is 0. The maximum atomic E-state index is 13.0. The Bertz CT molecular complexity index is 909. The average molecular weight is 368 g/mol. The van der Waals surface area contributed by atoms with Gasteiger partial charge in [-0.15, -0.1) is 0 Å². The number of aromatic nitrogens is 2. The molecule has 1 aliphatic rings. The lowest BCUT2D eigenvalue weighted by Gasteiger charge is -2.36. The quantitative estimate of drug-likeness (QED) is 0.851. The highest BCUT2D eigenvalue weighted by atomic mass is 16.2. The third-order valence-corrected chi connectivity index (χ3v) is 5.06. The third-order valence-electron chi connectivity index (χ3n) is 5.06. The van der Waals surface area contributed by atoms with E-state index < -0.39 is 6.04 Å². The van der Waals surface area contributed by atoms with Gasteiger partial charge in [0.1, 0.15) is 6.04 Å². The minimum Gasteiger partial charge on any atom is -0.352 e. The van der Waals surface area contributed by atoms with Crippen molar-refractivity contribution in [2.45, 2.75) is 39.7 Å². The molecule has 1 aromatic carbocycles. The molecular weight excluding hydrogens is 344 g/mol. The lowest BCUT2D eigenvalue weighted by molar-refractivity contribution is -0.143. The summed E-state index contributed by atoms with van der Waals surface area (Å²) in [6, 6.07) is 7.03. The van der Waals surface area contributed by atoms with Crippen molar-refractivity contribution in [1.82, 2.24) is 20.2 Å². The number of aromatic amines is 1. The van der Waals surface area contributed by atoms with E-state index in [0.29, 0.717) is 25.2 Å². The highest BCUT2D eigenvalue weighted by molar-refractivity contribution is 5.90. The monoisotopic (exact) mass is 368 g/mol. The fourth-order valence-corrected chi connectivity index (χ4v) is 3.64. The molecule has 27 heavy (non-hydrogen) atoms. The van der Waals surface area contributed by atoms with Crippen LogP contribution in [0.2, 0.25) is 0 Å². The lowest BCUT2D eigenvalue weighted by Crippen LogP contribution is -2.52. The first kappa shape index (κ1) is 18.8. The van der Waals surface area contributed by atoms with E-state index in [1.165, 1.54) is 0 Å². The third kappa shape index (κ3) is 3.92. The second-order valence-electron chi connectivity index (χ2n) is 6.87. The van der Waals surface area contributed by atoms with E-state index >= 15 is 0 Å². The Balaban J connectivity index is 1.81. The number of carbonyl (C=O) groups excluding carboxylic acids is 2. The van der Waals surface area contributed by atoms with Gasteiger partial charge in [0.05, 0.1) is 0 Å². The standard InChI is InChI=1S/C20H24N4O3/c1-12-6-4-5-7-15(12)18-19(26)21-10-11-24(18)17(25)9-8-16-13(2)22-20(27)23-14(16)3/h4-7,18H,8-11H2,1-3H3,(H,21,26)(H,22,23,27). The van der Waals surface area contributed by atoms with Crippen molar-refractivity contribution in [3.8, 4) is 0 Å². The van der Waals surface area contributed by atoms with Gasteiger partial charge in [0, 0.05) is 30.9 Å². The van der Waals surface area contributed by atoms with Crippen LogP contribution in [0.1, 0.15) is 40.5 Å². The molecular formula is C20H24N4O3. The van der Waals surface area contributed by atoms with Gasteiger partial charge in [0.2, 0.25) is 11.8 Å². The first-order valence-electron chi connectivity index (χ1n) is 9.07. The second kappa shape index (κ2) is 7.73. The molecule has 7 heteroatoms. The maximum absolute atomic E-state index is 13.0. The van der Waals surface area contributed by atoms with Crippen molar-refractivity contribution >= 4 is 11.8 Å². The first-order chi connectivity index (χ1) is 12.9. The molecule has 0 bridgehead atoms. The van der Waals surface area contributed by atoms with Crippen LogP contribution in [0.3, 0.4) is 0 Å². The molecule has 2 N–H and O–H groups in total. The van der Waals surface area contributed by atoms with Crippen molar-refractivity contribution in [1.29, 1.82) is 0 Å². The number of H-pyrrole nitrogens is 1. The van der Waals surface area contributed by atoms with Gasteiger partial charge in [-0.1, -0.05) is 24.3 Å². The summed E-state index contributed by atoms with van der Waals surface area (Å²) in [4.78, 5) is 45.2. The Labute approximate surface area is 157 Å². The molecule has 1 atom stereocenters. The van der Waals surface area contributed by atoms with Gasteiger partial charge in [-0.25, -0.2) is 4.79 Å². The molecule has 1 fully saturated rings. The molecule has 7 nitrogen and oxygen atoms in total. The Hall–Kier alpha value is -2.96. The number of piperazine rings is 1. The molecule has 0 aliphatic carbocycles. The highest BCUT2D eigenvalue weighted by Gasteiger charge is 2.34. The van der Waals surface area contributed by atoms with E-state index in [4.69, 9.17) is 0 Å².